The van der Waals surface area contributed by atoms with Crippen LogP contribution in [0.3, 0.4) is 0 Å². The largest absolute Gasteiger partial charge is 0.322 e. The van der Waals surface area contributed by atoms with Gasteiger partial charge >= 0.3 is 0 Å². The van der Waals surface area contributed by atoms with Crippen molar-refractivity contribution in [3.63, 3.8) is 0 Å². The number of halogens is 1. The quantitative estimate of drug-likeness (QED) is 0.602. The van der Waals surface area contributed by atoms with Crippen molar-refractivity contribution in [2.75, 3.05) is 5.32 Å². The van der Waals surface area contributed by atoms with E-state index in [0.717, 1.165) is 16.6 Å². The summed E-state index contributed by atoms with van der Waals surface area (Å²) in [7, 11) is 0. The topological polar surface area (TPSA) is 85.6 Å². The first kappa shape index (κ1) is 16.2. The number of amides is 1. The molecule has 1 N–H and O–H groups in total. The highest BCUT2D eigenvalue weighted by atomic mass is 35.5. The van der Waals surface area contributed by atoms with E-state index < -0.39 is 0 Å². The summed E-state index contributed by atoms with van der Waals surface area (Å²) in [6.45, 7) is 1.81. The highest BCUT2D eigenvalue weighted by Crippen LogP contribution is 2.22. The molecule has 26 heavy (non-hydrogen) atoms. The lowest BCUT2D eigenvalue weighted by atomic mass is 10.1. The molecule has 1 amide bonds. The molecule has 0 saturated carbocycles. The number of benzene rings is 2. The molecule has 0 atom stereocenters. The van der Waals surface area contributed by atoms with Gasteiger partial charge in [-0.15, -0.1) is 5.10 Å². The van der Waals surface area contributed by atoms with Crippen molar-refractivity contribution in [3.05, 3.63) is 71.1 Å². The maximum Gasteiger partial charge on any atom is 0.257 e. The Morgan fingerprint density at radius 3 is 2.65 bits per heavy atom. The minimum absolute atomic E-state index is 0.230. The molecule has 128 valence electrons. The summed E-state index contributed by atoms with van der Waals surface area (Å²) in [4.78, 5) is 17.1. The van der Waals surface area contributed by atoms with E-state index >= 15 is 0 Å². The third-order valence-corrected chi connectivity index (χ3v) is 4.19. The van der Waals surface area contributed by atoms with Crippen molar-refractivity contribution < 1.29 is 4.79 Å². The van der Waals surface area contributed by atoms with E-state index in [0.29, 0.717) is 22.0 Å². The number of pyridine rings is 1. The van der Waals surface area contributed by atoms with Crippen molar-refractivity contribution >= 4 is 34.1 Å². The lowest BCUT2D eigenvalue weighted by molar-refractivity contribution is 0.102. The fourth-order valence-electron chi connectivity index (χ4n) is 2.65. The van der Waals surface area contributed by atoms with Crippen molar-refractivity contribution in [1.82, 2.24) is 25.2 Å². The molecule has 2 aromatic carbocycles. The normalized spacial score (nSPS) is 10.8. The zero-order valence-corrected chi connectivity index (χ0v) is 14.5. The molecule has 4 aromatic rings. The molecule has 0 spiro atoms. The average Bonchev–Trinajstić information content (AvgIpc) is 3.17. The van der Waals surface area contributed by atoms with Crippen LogP contribution in [0.1, 0.15) is 16.1 Å². The predicted molar refractivity (Wildman–Crippen MR) is 98.6 cm³/mol. The highest BCUT2D eigenvalue weighted by molar-refractivity contribution is 6.31. The Balaban J connectivity index is 1.60. The van der Waals surface area contributed by atoms with Crippen LogP contribution in [0.25, 0.3) is 16.6 Å². The number of tetrazole rings is 1. The summed E-state index contributed by atoms with van der Waals surface area (Å²) in [6.07, 6.45) is 1.50. The van der Waals surface area contributed by atoms with E-state index in [4.69, 9.17) is 11.6 Å². The van der Waals surface area contributed by atoms with Crippen LogP contribution < -0.4 is 5.32 Å². The molecule has 0 fully saturated rings. The van der Waals surface area contributed by atoms with E-state index in [1.54, 1.807) is 30.3 Å². The number of anilines is 1. The number of carbonyl (C=O) groups is 1. The molecule has 0 radical (unpaired) electrons. The number of nitrogens with zero attached hydrogens (tertiary/aromatic N) is 5. The van der Waals surface area contributed by atoms with Crippen molar-refractivity contribution in [2.45, 2.75) is 6.92 Å². The molecule has 0 aliphatic heterocycles. The number of nitrogens with one attached hydrogen (secondary N) is 1. The number of aryl methyl sites for hydroxylation is 1. The number of rotatable bonds is 3. The zero-order valence-electron chi connectivity index (χ0n) is 13.7. The van der Waals surface area contributed by atoms with Gasteiger partial charge in [-0.3, -0.25) is 9.78 Å². The maximum absolute atomic E-state index is 12.7. The van der Waals surface area contributed by atoms with Gasteiger partial charge in [0.15, 0.2) is 0 Å². The van der Waals surface area contributed by atoms with Gasteiger partial charge in [0.25, 0.3) is 5.91 Å². The molecule has 0 saturated heterocycles. The van der Waals surface area contributed by atoms with E-state index in [2.05, 4.69) is 25.8 Å². The standard InChI is InChI=1S/C18H13ClN6O/c1-11-16(9-12-8-13(19)2-7-17(12)21-11)18(26)22-14-3-5-15(6-4-14)25-10-20-23-24-25/h2-10H,1H3,(H,22,26). The van der Waals surface area contributed by atoms with Crippen LogP contribution in [0, 0.1) is 6.92 Å². The number of hydrogen-bond donors (Lipinski definition) is 1. The Morgan fingerprint density at radius 1 is 1.12 bits per heavy atom. The summed E-state index contributed by atoms with van der Waals surface area (Å²) < 4.78 is 1.53. The second-order valence-electron chi connectivity index (χ2n) is 5.71. The lowest BCUT2D eigenvalue weighted by Gasteiger charge is -2.09. The summed E-state index contributed by atoms with van der Waals surface area (Å²) in [5.74, 6) is -0.230. The van der Waals surface area contributed by atoms with Gasteiger partial charge in [-0.2, -0.15) is 0 Å². The van der Waals surface area contributed by atoms with Gasteiger partial charge in [0.05, 0.1) is 22.5 Å². The number of hydrogen-bond acceptors (Lipinski definition) is 5. The van der Waals surface area contributed by atoms with Crippen molar-refractivity contribution in [2.24, 2.45) is 0 Å². The summed E-state index contributed by atoms with van der Waals surface area (Å²) >= 11 is 6.03. The zero-order chi connectivity index (χ0) is 18.1. The highest BCUT2D eigenvalue weighted by Gasteiger charge is 2.12. The average molecular weight is 365 g/mol. The van der Waals surface area contributed by atoms with Crippen LogP contribution in [0.5, 0.6) is 0 Å². The van der Waals surface area contributed by atoms with Crippen LogP contribution in [0.15, 0.2) is 54.9 Å². The van der Waals surface area contributed by atoms with Crippen molar-refractivity contribution in [1.29, 1.82) is 0 Å². The molecule has 0 aliphatic carbocycles. The minimum atomic E-state index is -0.230. The molecule has 0 bridgehead atoms. The number of carbonyl (C=O) groups excluding carboxylic acids is 1. The molecule has 0 aliphatic rings. The Hall–Kier alpha value is -3.32. The first-order chi connectivity index (χ1) is 12.6. The Bertz CT molecular complexity index is 1090. The van der Waals surface area contributed by atoms with E-state index in [-0.39, 0.29) is 5.91 Å². The monoisotopic (exact) mass is 364 g/mol. The molecular formula is C18H13ClN6O. The lowest BCUT2D eigenvalue weighted by Crippen LogP contribution is -2.14. The predicted octanol–water partition coefficient (Wildman–Crippen LogP) is 3.42. The molecule has 4 rings (SSSR count). The van der Waals surface area contributed by atoms with Gasteiger partial charge in [0, 0.05) is 16.1 Å². The second-order valence-corrected chi connectivity index (χ2v) is 6.15. The van der Waals surface area contributed by atoms with E-state index in [1.807, 2.05) is 25.1 Å². The first-order valence-electron chi connectivity index (χ1n) is 7.82. The molecule has 2 heterocycles. The van der Waals surface area contributed by atoms with E-state index in [9.17, 15) is 4.79 Å². The first-order valence-corrected chi connectivity index (χ1v) is 8.20. The Morgan fingerprint density at radius 2 is 1.92 bits per heavy atom. The van der Waals surface area contributed by atoms with Crippen LogP contribution >= 0.6 is 11.6 Å². The fourth-order valence-corrected chi connectivity index (χ4v) is 2.83. The molecule has 7 nitrogen and oxygen atoms in total. The SMILES string of the molecule is Cc1nc2ccc(Cl)cc2cc1C(=O)Nc1ccc(-n2cnnn2)cc1. The summed E-state index contributed by atoms with van der Waals surface area (Å²) in [5, 5.41) is 15.3. The Kier molecular flexibility index (Phi) is 4.06. The molecule has 0 unspecified atom stereocenters. The molecule has 2 aromatic heterocycles. The van der Waals surface area contributed by atoms with Crippen molar-refractivity contribution in [3.8, 4) is 5.69 Å². The van der Waals surface area contributed by atoms with Crippen LogP contribution in [0.4, 0.5) is 5.69 Å². The van der Waals surface area contributed by atoms with Gasteiger partial charge in [0.2, 0.25) is 0 Å². The van der Waals surface area contributed by atoms with E-state index in [1.165, 1.54) is 11.0 Å². The third kappa shape index (κ3) is 3.12. The number of aromatic nitrogens is 5. The van der Waals surface area contributed by atoms with Gasteiger partial charge < -0.3 is 5.32 Å². The fraction of sp³-hybridized carbons (Fsp3) is 0.0556. The van der Waals surface area contributed by atoms with Gasteiger partial charge in [0.1, 0.15) is 6.33 Å². The van der Waals surface area contributed by atoms with Crippen LogP contribution in [0.2, 0.25) is 5.02 Å². The second kappa shape index (κ2) is 6.53. The third-order valence-electron chi connectivity index (χ3n) is 3.95. The van der Waals surface area contributed by atoms with Gasteiger partial charge in [-0.05, 0) is 65.9 Å². The number of fused-ring (bicyclic) bond motifs is 1. The maximum atomic E-state index is 12.7. The minimum Gasteiger partial charge on any atom is -0.322 e. The molecule has 8 heteroatoms. The summed E-state index contributed by atoms with van der Waals surface area (Å²) in [6, 6.07) is 14.4. The smallest absolute Gasteiger partial charge is 0.257 e. The van der Waals surface area contributed by atoms with Gasteiger partial charge in [-0.1, -0.05) is 11.6 Å². The summed E-state index contributed by atoms with van der Waals surface area (Å²) in [5.41, 5.74) is 3.42. The Labute approximate surface area is 153 Å². The van der Waals surface area contributed by atoms with Crippen LogP contribution in [-0.4, -0.2) is 31.1 Å². The van der Waals surface area contributed by atoms with Crippen LogP contribution in [-0.2, 0) is 0 Å². The van der Waals surface area contributed by atoms with Gasteiger partial charge in [-0.25, -0.2) is 4.68 Å². The molecular weight excluding hydrogens is 352 g/mol.